The minimum atomic E-state index is 1.01. The van der Waals surface area contributed by atoms with E-state index in [9.17, 15) is 0 Å². The zero-order chi connectivity index (χ0) is 17.5. The Morgan fingerprint density at radius 2 is 1.46 bits per heavy atom. The highest BCUT2D eigenvalue weighted by atomic mass is 15.0. The zero-order valence-corrected chi connectivity index (χ0v) is 14.4. The normalized spacial score (nSPS) is 11.3. The van der Waals surface area contributed by atoms with Crippen molar-refractivity contribution >= 4 is 21.9 Å². The van der Waals surface area contributed by atoms with E-state index in [1.807, 2.05) is 30.7 Å². The van der Waals surface area contributed by atoms with Gasteiger partial charge >= 0.3 is 0 Å². The van der Waals surface area contributed by atoms with Crippen molar-refractivity contribution in [2.75, 3.05) is 0 Å². The van der Waals surface area contributed by atoms with Gasteiger partial charge in [-0.3, -0.25) is 9.97 Å². The molecule has 3 aromatic heterocycles. The lowest BCUT2D eigenvalue weighted by Crippen LogP contribution is -1.94. The second kappa shape index (κ2) is 5.81. The molecule has 3 nitrogen and oxygen atoms in total. The Balaban J connectivity index is 1.69. The summed E-state index contributed by atoms with van der Waals surface area (Å²) >= 11 is 0. The summed E-state index contributed by atoms with van der Waals surface area (Å²) in [5.41, 5.74) is 8.01. The lowest BCUT2D eigenvalue weighted by molar-refractivity contribution is 1.16. The molecule has 0 aliphatic heterocycles. The molecule has 5 rings (SSSR count). The van der Waals surface area contributed by atoms with Crippen LogP contribution in [0, 0.1) is 6.92 Å². The van der Waals surface area contributed by atoms with Crippen molar-refractivity contribution in [2.24, 2.45) is 0 Å². The first-order valence-electron chi connectivity index (χ1n) is 8.68. The van der Waals surface area contributed by atoms with Gasteiger partial charge in [-0.15, -0.1) is 0 Å². The molecule has 0 saturated heterocycles. The van der Waals surface area contributed by atoms with Crippen LogP contribution < -0.4 is 0 Å². The van der Waals surface area contributed by atoms with Crippen molar-refractivity contribution in [3.63, 3.8) is 0 Å². The number of pyridine rings is 2. The van der Waals surface area contributed by atoms with Gasteiger partial charge in [-0.2, -0.15) is 0 Å². The molecule has 0 aliphatic carbocycles. The maximum Gasteiger partial charge on any atom is 0.0964 e. The number of hydrogen-bond donors (Lipinski definition) is 0. The van der Waals surface area contributed by atoms with E-state index in [0.29, 0.717) is 0 Å². The van der Waals surface area contributed by atoms with Crippen LogP contribution in [0.4, 0.5) is 0 Å². The molecule has 0 N–H and O–H groups in total. The highest BCUT2D eigenvalue weighted by Gasteiger charge is 2.12. The predicted octanol–water partition coefficient (Wildman–Crippen LogP) is 5.55. The first-order chi connectivity index (χ1) is 12.8. The highest BCUT2D eigenvalue weighted by Crippen LogP contribution is 2.30. The molecule has 0 bridgehead atoms. The van der Waals surface area contributed by atoms with E-state index < -0.39 is 0 Å². The summed E-state index contributed by atoms with van der Waals surface area (Å²) in [7, 11) is 0. The molecule has 0 unspecified atom stereocenters. The number of rotatable bonds is 2. The van der Waals surface area contributed by atoms with E-state index in [0.717, 1.165) is 27.6 Å². The van der Waals surface area contributed by atoms with E-state index in [4.69, 9.17) is 0 Å². The molecule has 26 heavy (non-hydrogen) atoms. The van der Waals surface area contributed by atoms with Crippen LogP contribution in [-0.4, -0.2) is 14.5 Å². The van der Waals surface area contributed by atoms with Crippen molar-refractivity contribution in [1.29, 1.82) is 0 Å². The molecule has 5 aromatic rings. The summed E-state index contributed by atoms with van der Waals surface area (Å²) in [4.78, 5) is 8.90. The molecule has 0 radical (unpaired) electrons. The average Bonchev–Trinajstić information content (AvgIpc) is 3.03. The summed E-state index contributed by atoms with van der Waals surface area (Å²) in [6.07, 6.45) is 5.57. The molecule has 124 valence electrons. The Hall–Kier alpha value is -3.46. The van der Waals surface area contributed by atoms with Gasteiger partial charge in [0.15, 0.2) is 0 Å². The van der Waals surface area contributed by atoms with Crippen LogP contribution in [0.15, 0.2) is 85.3 Å². The minimum absolute atomic E-state index is 1.01. The molecule has 2 aromatic carbocycles. The van der Waals surface area contributed by atoms with Crippen LogP contribution in [-0.2, 0) is 0 Å². The van der Waals surface area contributed by atoms with Crippen molar-refractivity contribution in [1.82, 2.24) is 14.5 Å². The molecule has 0 saturated carbocycles. The van der Waals surface area contributed by atoms with Gasteiger partial charge in [0.25, 0.3) is 0 Å². The molecule has 3 heteroatoms. The largest absolute Gasteiger partial charge is 0.306 e. The minimum Gasteiger partial charge on any atom is -0.306 e. The molecular formula is C23H17N3. The van der Waals surface area contributed by atoms with Crippen molar-refractivity contribution < 1.29 is 0 Å². The fraction of sp³-hybridized carbons (Fsp3) is 0.0435. The fourth-order valence-corrected chi connectivity index (χ4v) is 3.51. The van der Waals surface area contributed by atoms with Gasteiger partial charge in [0.1, 0.15) is 0 Å². The fourth-order valence-electron chi connectivity index (χ4n) is 3.51. The molecule has 0 amide bonds. The molecule has 0 spiro atoms. The van der Waals surface area contributed by atoms with Gasteiger partial charge in [0, 0.05) is 23.5 Å². The quantitative estimate of drug-likeness (QED) is 0.423. The lowest BCUT2D eigenvalue weighted by atomic mass is 10.0. The predicted molar refractivity (Wildman–Crippen MR) is 107 cm³/mol. The van der Waals surface area contributed by atoms with E-state index in [-0.39, 0.29) is 0 Å². The summed E-state index contributed by atoms with van der Waals surface area (Å²) in [5.74, 6) is 0. The maximum atomic E-state index is 4.58. The monoisotopic (exact) mass is 335 g/mol. The SMILES string of the molecule is Cc1ccc(-c2ccc(-n3c4cnccc4c4ncccc43)cc2)cc1. The number of fused-ring (bicyclic) bond motifs is 3. The summed E-state index contributed by atoms with van der Waals surface area (Å²) in [6, 6.07) is 23.4. The Kier molecular flexibility index (Phi) is 3.32. The third-order valence-corrected chi connectivity index (χ3v) is 4.83. The smallest absolute Gasteiger partial charge is 0.0964 e. The Morgan fingerprint density at radius 1 is 0.731 bits per heavy atom. The topological polar surface area (TPSA) is 30.7 Å². The third kappa shape index (κ3) is 2.29. The van der Waals surface area contributed by atoms with Crippen LogP contribution in [0.2, 0.25) is 0 Å². The lowest BCUT2D eigenvalue weighted by Gasteiger charge is -2.09. The first-order valence-corrected chi connectivity index (χ1v) is 8.68. The van der Waals surface area contributed by atoms with Gasteiger partial charge in [0.2, 0.25) is 0 Å². The second-order valence-corrected chi connectivity index (χ2v) is 6.51. The highest BCUT2D eigenvalue weighted by molar-refractivity contribution is 6.06. The molecular weight excluding hydrogens is 318 g/mol. The molecule has 3 heterocycles. The summed E-state index contributed by atoms with van der Waals surface area (Å²) in [5, 5.41) is 1.12. The zero-order valence-electron chi connectivity index (χ0n) is 14.4. The average molecular weight is 335 g/mol. The van der Waals surface area contributed by atoms with E-state index in [2.05, 4.69) is 76.1 Å². The van der Waals surface area contributed by atoms with Crippen LogP contribution in [0.5, 0.6) is 0 Å². The number of hydrogen-bond acceptors (Lipinski definition) is 2. The maximum absolute atomic E-state index is 4.58. The molecule has 0 fully saturated rings. The van der Waals surface area contributed by atoms with E-state index in [1.54, 1.807) is 0 Å². The van der Waals surface area contributed by atoms with Crippen molar-refractivity contribution in [3.05, 3.63) is 90.9 Å². The van der Waals surface area contributed by atoms with E-state index in [1.165, 1.54) is 16.7 Å². The van der Waals surface area contributed by atoms with E-state index >= 15 is 0 Å². The van der Waals surface area contributed by atoms with Crippen LogP contribution >= 0.6 is 0 Å². The van der Waals surface area contributed by atoms with Crippen LogP contribution in [0.25, 0.3) is 38.8 Å². The molecule has 0 atom stereocenters. The Labute approximate surface area is 151 Å². The Morgan fingerprint density at radius 3 is 2.23 bits per heavy atom. The van der Waals surface area contributed by atoms with Gasteiger partial charge in [-0.05, 0) is 48.4 Å². The number of aryl methyl sites for hydroxylation is 1. The number of aromatic nitrogens is 3. The number of nitrogens with zero attached hydrogens (tertiary/aromatic N) is 3. The molecule has 0 aliphatic rings. The van der Waals surface area contributed by atoms with Crippen LogP contribution in [0.1, 0.15) is 5.56 Å². The van der Waals surface area contributed by atoms with Gasteiger partial charge in [0.05, 0.1) is 22.7 Å². The summed E-state index contributed by atoms with van der Waals surface area (Å²) < 4.78 is 2.23. The third-order valence-electron chi connectivity index (χ3n) is 4.83. The van der Waals surface area contributed by atoms with Crippen molar-refractivity contribution in [2.45, 2.75) is 6.92 Å². The summed E-state index contributed by atoms with van der Waals surface area (Å²) in [6.45, 7) is 2.11. The standard InChI is InChI=1S/C23H17N3/c1-16-4-6-17(7-5-16)18-8-10-19(11-9-18)26-21-3-2-13-25-23(21)20-12-14-24-15-22(20)26/h2-15H,1H3. The Bertz CT molecular complexity index is 1160. The van der Waals surface area contributed by atoms with Gasteiger partial charge in [-0.25, -0.2) is 0 Å². The van der Waals surface area contributed by atoms with Crippen LogP contribution in [0.3, 0.4) is 0 Å². The van der Waals surface area contributed by atoms with Gasteiger partial charge < -0.3 is 4.57 Å². The second-order valence-electron chi connectivity index (χ2n) is 6.51. The number of benzene rings is 2. The van der Waals surface area contributed by atoms with Gasteiger partial charge in [-0.1, -0.05) is 42.0 Å². The first kappa shape index (κ1) is 14.8. The van der Waals surface area contributed by atoms with Crippen molar-refractivity contribution in [3.8, 4) is 16.8 Å².